The van der Waals surface area contributed by atoms with Crippen LogP contribution in [0.2, 0.25) is 0 Å². The SMILES string of the molecule is CCC(CC)Nc1cccc(I)c1C. The minimum absolute atomic E-state index is 0.604. The normalized spacial score (nSPS) is 10.6. The van der Waals surface area contributed by atoms with Crippen molar-refractivity contribution in [2.24, 2.45) is 0 Å². The molecule has 0 heterocycles. The van der Waals surface area contributed by atoms with Crippen LogP contribution in [0, 0.1) is 10.5 Å². The van der Waals surface area contributed by atoms with Gasteiger partial charge in [0.15, 0.2) is 0 Å². The zero-order valence-corrected chi connectivity index (χ0v) is 11.3. The van der Waals surface area contributed by atoms with E-state index in [2.05, 4.69) is 66.9 Å². The first kappa shape index (κ1) is 11.8. The van der Waals surface area contributed by atoms with Gasteiger partial charge in [-0.3, -0.25) is 0 Å². The molecule has 0 spiro atoms. The minimum atomic E-state index is 0.604. The van der Waals surface area contributed by atoms with Crippen LogP contribution in [-0.4, -0.2) is 6.04 Å². The first-order valence-electron chi connectivity index (χ1n) is 5.20. The average molecular weight is 303 g/mol. The summed E-state index contributed by atoms with van der Waals surface area (Å²) in [6, 6.07) is 7.02. The van der Waals surface area contributed by atoms with E-state index in [1.165, 1.54) is 27.7 Å². The van der Waals surface area contributed by atoms with Crippen molar-refractivity contribution in [2.75, 3.05) is 5.32 Å². The molecule has 0 fully saturated rings. The van der Waals surface area contributed by atoms with Crippen molar-refractivity contribution in [3.05, 3.63) is 27.3 Å². The first-order valence-corrected chi connectivity index (χ1v) is 6.28. The maximum absolute atomic E-state index is 3.58. The molecule has 14 heavy (non-hydrogen) atoms. The molecule has 0 amide bonds. The van der Waals surface area contributed by atoms with Gasteiger partial charge in [-0.1, -0.05) is 19.9 Å². The lowest BCUT2D eigenvalue weighted by Gasteiger charge is -2.18. The largest absolute Gasteiger partial charge is 0.382 e. The quantitative estimate of drug-likeness (QED) is 0.822. The molecule has 1 aromatic rings. The van der Waals surface area contributed by atoms with Gasteiger partial charge >= 0.3 is 0 Å². The molecule has 0 saturated heterocycles. The minimum Gasteiger partial charge on any atom is -0.382 e. The lowest BCUT2D eigenvalue weighted by Crippen LogP contribution is -2.17. The van der Waals surface area contributed by atoms with E-state index >= 15 is 0 Å². The van der Waals surface area contributed by atoms with Crippen LogP contribution in [0.4, 0.5) is 5.69 Å². The van der Waals surface area contributed by atoms with E-state index in [9.17, 15) is 0 Å². The zero-order valence-electron chi connectivity index (χ0n) is 9.10. The van der Waals surface area contributed by atoms with Crippen molar-refractivity contribution in [1.29, 1.82) is 0 Å². The first-order chi connectivity index (χ1) is 6.69. The molecule has 2 heteroatoms. The second-order valence-electron chi connectivity index (χ2n) is 3.57. The van der Waals surface area contributed by atoms with Crippen molar-refractivity contribution >= 4 is 28.3 Å². The summed E-state index contributed by atoms with van der Waals surface area (Å²) in [7, 11) is 0. The molecule has 0 aliphatic rings. The predicted molar refractivity (Wildman–Crippen MR) is 71.9 cm³/mol. The van der Waals surface area contributed by atoms with E-state index in [-0.39, 0.29) is 0 Å². The number of hydrogen-bond acceptors (Lipinski definition) is 1. The van der Waals surface area contributed by atoms with Gasteiger partial charge in [0.2, 0.25) is 0 Å². The Kier molecular flexibility index (Phi) is 4.72. The third-order valence-corrected chi connectivity index (χ3v) is 3.78. The van der Waals surface area contributed by atoms with E-state index in [0.29, 0.717) is 6.04 Å². The summed E-state index contributed by atoms with van der Waals surface area (Å²) in [4.78, 5) is 0. The van der Waals surface area contributed by atoms with Crippen LogP contribution >= 0.6 is 22.6 Å². The Morgan fingerprint density at radius 2 is 1.93 bits per heavy atom. The third-order valence-electron chi connectivity index (χ3n) is 2.61. The molecule has 0 aliphatic carbocycles. The van der Waals surface area contributed by atoms with Crippen molar-refractivity contribution in [3.8, 4) is 0 Å². The van der Waals surface area contributed by atoms with Gasteiger partial charge in [0.05, 0.1) is 0 Å². The van der Waals surface area contributed by atoms with Crippen LogP contribution in [0.25, 0.3) is 0 Å². The maximum Gasteiger partial charge on any atom is 0.0382 e. The number of hydrogen-bond donors (Lipinski definition) is 1. The molecule has 78 valence electrons. The topological polar surface area (TPSA) is 12.0 Å². The zero-order chi connectivity index (χ0) is 10.6. The van der Waals surface area contributed by atoms with Gasteiger partial charge in [-0.15, -0.1) is 0 Å². The van der Waals surface area contributed by atoms with Crippen LogP contribution in [0.3, 0.4) is 0 Å². The monoisotopic (exact) mass is 303 g/mol. The second kappa shape index (κ2) is 5.59. The van der Waals surface area contributed by atoms with Gasteiger partial charge in [-0.2, -0.15) is 0 Å². The highest BCUT2D eigenvalue weighted by atomic mass is 127. The lowest BCUT2D eigenvalue weighted by atomic mass is 10.1. The van der Waals surface area contributed by atoms with Gasteiger partial charge in [0.25, 0.3) is 0 Å². The van der Waals surface area contributed by atoms with Gasteiger partial charge < -0.3 is 5.32 Å². The highest BCUT2D eigenvalue weighted by Crippen LogP contribution is 2.21. The number of nitrogens with one attached hydrogen (secondary N) is 1. The van der Waals surface area contributed by atoms with Crippen molar-refractivity contribution in [3.63, 3.8) is 0 Å². The Labute approximate surface area is 100 Å². The molecule has 0 saturated carbocycles. The highest BCUT2D eigenvalue weighted by molar-refractivity contribution is 14.1. The molecule has 1 N–H and O–H groups in total. The van der Waals surface area contributed by atoms with Crippen molar-refractivity contribution in [2.45, 2.75) is 39.7 Å². The molecule has 0 aliphatic heterocycles. The summed E-state index contributed by atoms with van der Waals surface area (Å²) in [5.41, 5.74) is 2.64. The van der Waals surface area contributed by atoms with E-state index in [1.807, 2.05) is 0 Å². The Hall–Kier alpha value is -0.250. The fourth-order valence-corrected chi connectivity index (χ4v) is 1.97. The number of anilines is 1. The smallest absolute Gasteiger partial charge is 0.0382 e. The molecule has 0 aromatic heterocycles. The summed E-state index contributed by atoms with van der Waals surface area (Å²) < 4.78 is 1.33. The van der Waals surface area contributed by atoms with E-state index in [1.54, 1.807) is 0 Å². The fraction of sp³-hybridized carbons (Fsp3) is 0.500. The summed E-state index contributed by atoms with van der Waals surface area (Å²) >= 11 is 2.38. The number of halogens is 1. The summed E-state index contributed by atoms with van der Waals surface area (Å²) in [6.45, 7) is 6.63. The maximum atomic E-state index is 3.58. The summed E-state index contributed by atoms with van der Waals surface area (Å²) in [5, 5.41) is 3.58. The molecular formula is C12H18IN. The Bertz CT molecular complexity index is 292. The number of benzene rings is 1. The van der Waals surface area contributed by atoms with E-state index in [4.69, 9.17) is 0 Å². The van der Waals surface area contributed by atoms with Crippen molar-refractivity contribution < 1.29 is 0 Å². The third kappa shape index (κ3) is 2.87. The molecule has 1 aromatic carbocycles. The number of rotatable bonds is 4. The van der Waals surface area contributed by atoms with Crippen LogP contribution in [-0.2, 0) is 0 Å². The average Bonchev–Trinajstić information content (AvgIpc) is 2.20. The van der Waals surface area contributed by atoms with E-state index in [0.717, 1.165) is 0 Å². The van der Waals surface area contributed by atoms with Gasteiger partial charge in [-0.25, -0.2) is 0 Å². The lowest BCUT2D eigenvalue weighted by molar-refractivity contribution is 0.671. The van der Waals surface area contributed by atoms with Crippen molar-refractivity contribution in [1.82, 2.24) is 0 Å². The van der Waals surface area contributed by atoms with Crippen LogP contribution in [0.15, 0.2) is 18.2 Å². The fourth-order valence-electron chi connectivity index (χ4n) is 1.48. The Balaban J connectivity index is 2.80. The van der Waals surface area contributed by atoms with Crippen LogP contribution in [0.5, 0.6) is 0 Å². The van der Waals surface area contributed by atoms with Gasteiger partial charge in [-0.05, 0) is 60.1 Å². The van der Waals surface area contributed by atoms with Gasteiger partial charge in [0.1, 0.15) is 0 Å². The molecule has 0 bridgehead atoms. The molecule has 1 nitrogen and oxygen atoms in total. The molecule has 1 rings (SSSR count). The molecular weight excluding hydrogens is 285 g/mol. The molecule has 0 unspecified atom stereocenters. The summed E-state index contributed by atoms with van der Waals surface area (Å²) in [6.07, 6.45) is 2.36. The highest BCUT2D eigenvalue weighted by Gasteiger charge is 2.06. The predicted octanol–water partition coefficient (Wildman–Crippen LogP) is 4.20. The Morgan fingerprint density at radius 3 is 2.50 bits per heavy atom. The van der Waals surface area contributed by atoms with Crippen LogP contribution in [0.1, 0.15) is 32.3 Å². The van der Waals surface area contributed by atoms with Crippen LogP contribution < -0.4 is 5.32 Å². The standard InChI is InChI=1S/C12H18IN/c1-4-10(5-2)14-12-8-6-7-11(13)9(12)3/h6-8,10,14H,4-5H2,1-3H3. The molecule has 0 atom stereocenters. The van der Waals surface area contributed by atoms with E-state index < -0.39 is 0 Å². The Morgan fingerprint density at radius 1 is 1.29 bits per heavy atom. The molecule has 0 radical (unpaired) electrons. The summed E-state index contributed by atoms with van der Waals surface area (Å²) in [5.74, 6) is 0. The van der Waals surface area contributed by atoms with Gasteiger partial charge in [0, 0.05) is 15.3 Å². The second-order valence-corrected chi connectivity index (χ2v) is 4.73.